The fourth-order valence-electron chi connectivity index (χ4n) is 2.32. The van der Waals surface area contributed by atoms with E-state index < -0.39 is 0 Å². The number of anilines is 2. The molecule has 3 heterocycles. The molecule has 2 aromatic rings. The minimum Gasteiger partial charge on any atom is -0.367 e. The molecule has 0 saturated carbocycles. The van der Waals surface area contributed by atoms with Crippen LogP contribution in [-0.4, -0.2) is 44.0 Å². The normalized spacial score (nSPS) is 22.8. The molecule has 1 saturated heterocycles. The van der Waals surface area contributed by atoms with Gasteiger partial charge in [0.2, 0.25) is 5.95 Å². The second-order valence-electron chi connectivity index (χ2n) is 5.00. The molecule has 0 aliphatic carbocycles. The van der Waals surface area contributed by atoms with Gasteiger partial charge in [0.15, 0.2) is 11.5 Å². The summed E-state index contributed by atoms with van der Waals surface area (Å²) in [4.78, 5) is 16.1. The Kier molecular flexibility index (Phi) is 3.22. The smallest absolute Gasteiger partial charge is 0.226 e. The molecule has 3 N–H and O–H groups in total. The molecular formula is C12H18N6S. The number of nitrogens with one attached hydrogen (secondary N) is 3. The zero-order chi connectivity index (χ0) is 13.3. The molecule has 1 aliphatic rings. The number of hydrogen-bond acceptors (Lipinski definition) is 6. The number of thioether (sulfide) groups is 1. The van der Waals surface area contributed by atoms with Gasteiger partial charge in [0.1, 0.15) is 5.52 Å². The first kappa shape index (κ1) is 12.5. The first-order valence-corrected chi connectivity index (χ1v) is 7.45. The standard InChI is InChI=1S/C12H18N6S/c1-12(4-3-5-19-12)6-14-9-8-10(16-7-15-8)18-11(13-2)17-9/h7H,3-6H2,1-2H3,(H3,13,14,15,16,17,18). The Hall–Kier alpha value is -1.50. The molecule has 1 atom stereocenters. The lowest BCUT2D eigenvalue weighted by Gasteiger charge is -2.23. The van der Waals surface area contributed by atoms with Gasteiger partial charge >= 0.3 is 0 Å². The minimum absolute atomic E-state index is 0.303. The maximum absolute atomic E-state index is 4.47. The van der Waals surface area contributed by atoms with Crippen molar-refractivity contribution < 1.29 is 0 Å². The van der Waals surface area contributed by atoms with E-state index in [-0.39, 0.29) is 0 Å². The van der Waals surface area contributed by atoms with Gasteiger partial charge in [-0.25, -0.2) is 4.98 Å². The third-order valence-corrected chi connectivity index (χ3v) is 4.98. The highest BCUT2D eigenvalue weighted by Crippen LogP contribution is 2.37. The number of aromatic nitrogens is 4. The average molecular weight is 278 g/mol. The summed E-state index contributed by atoms with van der Waals surface area (Å²) in [5, 5.41) is 6.41. The van der Waals surface area contributed by atoms with Crippen LogP contribution in [-0.2, 0) is 0 Å². The van der Waals surface area contributed by atoms with Crippen molar-refractivity contribution in [3.63, 3.8) is 0 Å². The molecule has 19 heavy (non-hydrogen) atoms. The van der Waals surface area contributed by atoms with Crippen molar-refractivity contribution in [2.75, 3.05) is 30.0 Å². The van der Waals surface area contributed by atoms with Crippen LogP contribution < -0.4 is 10.6 Å². The highest BCUT2D eigenvalue weighted by molar-refractivity contribution is 8.00. The van der Waals surface area contributed by atoms with E-state index in [2.05, 4.69) is 37.5 Å². The van der Waals surface area contributed by atoms with Gasteiger partial charge in [-0.15, -0.1) is 0 Å². The largest absolute Gasteiger partial charge is 0.367 e. The van der Waals surface area contributed by atoms with Crippen molar-refractivity contribution in [3.8, 4) is 0 Å². The monoisotopic (exact) mass is 278 g/mol. The third kappa shape index (κ3) is 2.47. The number of hydrogen-bond donors (Lipinski definition) is 3. The van der Waals surface area contributed by atoms with E-state index in [1.165, 1.54) is 18.6 Å². The molecule has 1 unspecified atom stereocenters. The number of imidazole rings is 1. The fraction of sp³-hybridized carbons (Fsp3) is 0.583. The molecule has 2 aromatic heterocycles. The Labute approximate surface area is 116 Å². The van der Waals surface area contributed by atoms with Crippen molar-refractivity contribution in [1.82, 2.24) is 19.9 Å². The SMILES string of the molecule is CNc1nc(NCC2(C)CCCS2)c2[nH]cnc2n1. The van der Waals surface area contributed by atoms with E-state index in [1.807, 2.05) is 18.8 Å². The first-order chi connectivity index (χ1) is 9.20. The lowest BCUT2D eigenvalue weighted by molar-refractivity contribution is 0.634. The Morgan fingerprint density at radius 2 is 2.37 bits per heavy atom. The molecule has 102 valence electrons. The van der Waals surface area contributed by atoms with Gasteiger partial charge in [-0.2, -0.15) is 21.7 Å². The van der Waals surface area contributed by atoms with Crippen LogP contribution in [0.15, 0.2) is 6.33 Å². The first-order valence-electron chi connectivity index (χ1n) is 6.47. The van der Waals surface area contributed by atoms with Gasteiger partial charge in [0, 0.05) is 18.3 Å². The van der Waals surface area contributed by atoms with Gasteiger partial charge in [-0.3, -0.25) is 0 Å². The summed E-state index contributed by atoms with van der Waals surface area (Å²) in [7, 11) is 1.81. The molecule has 0 radical (unpaired) electrons. The molecule has 1 fully saturated rings. The highest BCUT2D eigenvalue weighted by Gasteiger charge is 2.29. The summed E-state index contributed by atoms with van der Waals surface area (Å²) < 4.78 is 0.303. The Morgan fingerprint density at radius 3 is 3.11 bits per heavy atom. The molecule has 1 aliphatic heterocycles. The molecule has 0 amide bonds. The lowest BCUT2D eigenvalue weighted by Crippen LogP contribution is -2.27. The summed E-state index contributed by atoms with van der Waals surface area (Å²) in [5.74, 6) is 2.66. The molecule has 0 spiro atoms. The average Bonchev–Trinajstić information content (AvgIpc) is 3.04. The number of rotatable bonds is 4. The predicted molar refractivity (Wildman–Crippen MR) is 79.8 cm³/mol. The van der Waals surface area contributed by atoms with E-state index >= 15 is 0 Å². The van der Waals surface area contributed by atoms with Crippen LogP contribution in [0.1, 0.15) is 19.8 Å². The van der Waals surface area contributed by atoms with Crippen LogP contribution in [0.4, 0.5) is 11.8 Å². The van der Waals surface area contributed by atoms with E-state index in [0.29, 0.717) is 16.3 Å². The number of fused-ring (bicyclic) bond motifs is 1. The second-order valence-corrected chi connectivity index (χ2v) is 6.68. The van der Waals surface area contributed by atoms with E-state index in [4.69, 9.17) is 0 Å². The maximum Gasteiger partial charge on any atom is 0.226 e. The van der Waals surface area contributed by atoms with E-state index in [9.17, 15) is 0 Å². The molecule has 6 nitrogen and oxygen atoms in total. The quantitative estimate of drug-likeness (QED) is 0.795. The number of nitrogens with zero attached hydrogens (tertiary/aromatic N) is 3. The van der Waals surface area contributed by atoms with Gasteiger partial charge < -0.3 is 15.6 Å². The zero-order valence-corrected chi connectivity index (χ0v) is 12.0. The fourth-order valence-corrected chi connectivity index (χ4v) is 3.56. The molecular weight excluding hydrogens is 260 g/mol. The Balaban J connectivity index is 1.85. The summed E-state index contributed by atoms with van der Waals surface area (Å²) in [6.45, 7) is 3.22. The van der Waals surface area contributed by atoms with Gasteiger partial charge in [0.05, 0.1) is 6.33 Å². The van der Waals surface area contributed by atoms with Crippen LogP contribution in [0.25, 0.3) is 11.2 Å². The van der Waals surface area contributed by atoms with Crippen LogP contribution in [0.2, 0.25) is 0 Å². The maximum atomic E-state index is 4.47. The van der Waals surface area contributed by atoms with Crippen molar-refractivity contribution in [3.05, 3.63) is 6.33 Å². The highest BCUT2D eigenvalue weighted by atomic mass is 32.2. The third-order valence-electron chi connectivity index (χ3n) is 3.44. The molecule has 0 bridgehead atoms. The van der Waals surface area contributed by atoms with Crippen molar-refractivity contribution in [2.24, 2.45) is 0 Å². The lowest BCUT2D eigenvalue weighted by atomic mass is 10.1. The summed E-state index contributed by atoms with van der Waals surface area (Å²) in [5.41, 5.74) is 1.55. The molecule has 0 aromatic carbocycles. The van der Waals surface area contributed by atoms with Crippen molar-refractivity contribution in [1.29, 1.82) is 0 Å². The summed E-state index contributed by atoms with van der Waals surface area (Å²) in [6, 6.07) is 0. The van der Waals surface area contributed by atoms with Crippen LogP contribution in [0.5, 0.6) is 0 Å². The van der Waals surface area contributed by atoms with Crippen molar-refractivity contribution in [2.45, 2.75) is 24.5 Å². The van der Waals surface area contributed by atoms with Gasteiger partial charge in [-0.1, -0.05) is 0 Å². The Bertz CT molecular complexity index is 575. The van der Waals surface area contributed by atoms with E-state index in [1.54, 1.807) is 6.33 Å². The van der Waals surface area contributed by atoms with Gasteiger partial charge in [-0.05, 0) is 25.5 Å². The summed E-state index contributed by atoms with van der Waals surface area (Å²) >= 11 is 2.03. The minimum atomic E-state index is 0.303. The number of H-pyrrole nitrogens is 1. The zero-order valence-electron chi connectivity index (χ0n) is 11.2. The Morgan fingerprint density at radius 1 is 1.47 bits per heavy atom. The van der Waals surface area contributed by atoms with Gasteiger partial charge in [0.25, 0.3) is 0 Å². The topological polar surface area (TPSA) is 78.5 Å². The summed E-state index contributed by atoms with van der Waals surface area (Å²) in [6.07, 6.45) is 4.20. The molecule has 3 rings (SSSR count). The number of aromatic amines is 1. The predicted octanol–water partition coefficient (Wildman–Crippen LogP) is 2.09. The van der Waals surface area contributed by atoms with Crippen LogP contribution in [0.3, 0.4) is 0 Å². The molecule has 7 heteroatoms. The second kappa shape index (κ2) is 4.88. The van der Waals surface area contributed by atoms with Crippen molar-refractivity contribution >= 4 is 34.7 Å². The van der Waals surface area contributed by atoms with Crippen LogP contribution >= 0.6 is 11.8 Å². The van der Waals surface area contributed by atoms with E-state index in [0.717, 1.165) is 17.9 Å². The van der Waals surface area contributed by atoms with Crippen LogP contribution in [0, 0.1) is 0 Å².